The van der Waals surface area contributed by atoms with Gasteiger partial charge in [0, 0.05) is 12.0 Å². The van der Waals surface area contributed by atoms with Crippen molar-refractivity contribution in [1.82, 2.24) is 15.0 Å². The van der Waals surface area contributed by atoms with E-state index < -0.39 is 16.1 Å². The molecule has 306 valence electrons. The number of rotatable bonds is 7. The molecule has 0 spiro atoms. The van der Waals surface area contributed by atoms with Crippen LogP contribution < -0.4 is 40.6 Å². The zero-order chi connectivity index (χ0) is 42.5. The number of hydrogen-bond donors (Lipinski definition) is 0. The van der Waals surface area contributed by atoms with Gasteiger partial charge in [0.2, 0.25) is 0 Å². The van der Waals surface area contributed by atoms with E-state index in [1.54, 1.807) is 0 Å². The molecule has 0 fully saturated rings. The zero-order valence-corrected chi connectivity index (χ0v) is 37.2. The average Bonchev–Trinajstić information content (AvgIpc) is 3.38. The van der Waals surface area contributed by atoms with Crippen LogP contribution in [0.15, 0.2) is 229 Å². The number of para-hydroxylation sites is 3. The molecule has 5 nitrogen and oxygen atoms in total. The van der Waals surface area contributed by atoms with Crippen molar-refractivity contribution in [2.45, 2.75) is 25.7 Å². The van der Waals surface area contributed by atoms with Crippen LogP contribution in [0.2, 0.25) is 0 Å². The van der Waals surface area contributed by atoms with Crippen LogP contribution in [0.5, 0.6) is 17.2 Å². The quantitative estimate of drug-likeness (QED) is 0.150. The molecule has 0 N–H and O–H groups in total. The van der Waals surface area contributed by atoms with E-state index in [0.29, 0.717) is 17.5 Å². The van der Waals surface area contributed by atoms with Crippen molar-refractivity contribution >= 4 is 47.3 Å². The lowest BCUT2D eigenvalue weighted by atomic mass is 10.1. The van der Waals surface area contributed by atoms with Gasteiger partial charge in [-0.2, -0.15) is 0 Å². The third kappa shape index (κ3) is 5.92. The van der Waals surface area contributed by atoms with Gasteiger partial charge in [0.05, 0.1) is 11.1 Å². The zero-order valence-electron chi connectivity index (χ0n) is 35.2. The van der Waals surface area contributed by atoms with Gasteiger partial charge in [-0.3, -0.25) is 0 Å². The lowest BCUT2D eigenvalue weighted by Crippen LogP contribution is -2.76. The Balaban J connectivity index is 1.12. The summed E-state index contributed by atoms with van der Waals surface area (Å²) in [6, 6.07) is 65.0. The summed E-state index contributed by atoms with van der Waals surface area (Å²) in [5.41, 5.74) is 2.57. The van der Waals surface area contributed by atoms with E-state index in [-0.39, 0.29) is 0 Å². The van der Waals surface area contributed by atoms with Crippen molar-refractivity contribution in [3.8, 4) is 51.4 Å². The first kappa shape index (κ1) is 38.2. The molecule has 0 radical (unpaired) electrons. The largest absolute Gasteiger partial charge is 0.461 e. The molecule has 4 aliphatic rings. The summed E-state index contributed by atoms with van der Waals surface area (Å²) in [7, 11) is -5.73. The molecule has 0 saturated heterocycles. The molecule has 7 aromatic carbocycles. The number of hydrogen-bond acceptors (Lipinski definition) is 5. The molecule has 0 bridgehead atoms. The first-order chi connectivity index (χ1) is 31.7. The van der Waals surface area contributed by atoms with Gasteiger partial charge >= 0.3 is 0 Å². The Labute approximate surface area is 375 Å². The van der Waals surface area contributed by atoms with Crippen molar-refractivity contribution in [2.24, 2.45) is 0 Å². The molecule has 0 saturated carbocycles. The SMILES string of the molecule is C1=CCCC([Si]2(c3ccccc3)C3=C(CCC=C3)Oc3c(-c4nc(-c5ccccc5)nc(-c5cccc6c5Oc5ccccc5[Si]6(c5ccccc5)c5ccccc5)n4)cccc32)=C1. The fraction of sp³-hybridized carbons (Fsp3) is 0.0702. The highest BCUT2D eigenvalue weighted by Gasteiger charge is 2.51. The predicted molar refractivity (Wildman–Crippen MR) is 264 cm³/mol. The highest BCUT2D eigenvalue weighted by atomic mass is 28.3. The lowest BCUT2D eigenvalue weighted by Gasteiger charge is -2.43. The van der Waals surface area contributed by atoms with Crippen LogP contribution >= 0.6 is 0 Å². The molecule has 1 unspecified atom stereocenters. The number of fused-ring (bicyclic) bond motifs is 3. The minimum atomic E-state index is -2.93. The number of allylic oxidation sites excluding steroid dienone is 8. The number of aromatic nitrogens is 3. The normalized spacial score (nSPS) is 17.8. The molecule has 2 aliphatic carbocycles. The van der Waals surface area contributed by atoms with Crippen molar-refractivity contribution in [3.63, 3.8) is 0 Å². The average molecular weight is 858 g/mol. The maximum atomic E-state index is 7.23. The minimum absolute atomic E-state index is 0.546. The fourth-order valence-electron chi connectivity index (χ4n) is 10.7. The van der Waals surface area contributed by atoms with Crippen molar-refractivity contribution in [3.05, 3.63) is 229 Å². The molecular formula is C57H43N3O2Si2. The van der Waals surface area contributed by atoms with Crippen LogP contribution in [0.25, 0.3) is 34.2 Å². The summed E-state index contributed by atoms with van der Waals surface area (Å²) in [6.45, 7) is 0. The molecule has 7 heteroatoms. The summed E-state index contributed by atoms with van der Waals surface area (Å²) in [4.78, 5) is 16.2. The van der Waals surface area contributed by atoms with Crippen LogP contribution in [0.3, 0.4) is 0 Å². The van der Waals surface area contributed by atoms with E-state index in [1.807, 2.05) is 18.2 Å². The Morgan fingerprint density at radius 3 is 1.56 bits per heavy atom. The maximum Gasteiger partial charge on any atom is 0.188 e. The highest BCUT2D eigenvalue weighted by molar-refractivity contribution is 7.21. The first-order valence-electron chi connectivity index (χ1n) is 22.2. The molecule has 0 amide bonds. The van der Waals surface area contributed by atoms with Crippen LogP contribution in [0, 0.1) is 0 Å². The lowest BCUT2D eigenvalue weighted by molar-refractivity contribution is 0.401. The van der Waals surface area contributed by atoms with Crippen molar-refractivity contribution in [1.29, 1.82) is 0 Å². The van der Waals surface area contributed by atoms with Crippen LogP contribution in [0.4, 0.5) is 0 Å². The maximum absolute atomic E-state index is 7.23. The van der Waals surface area contributed by atoms with Gasteiger partial charge in [0.25, 0.3) is 0 Å². The molecule has 12 rings (SSSR count). The number of nitrogens with zero attached hydrogens (tertiary/aromatic N) is 3. The smallest absolute Gasteiger partial charge is 0.188 e. The second-order valence-electron chi connectivity index (χ2n) is 16.8. The Kier molecular flexibility index (Phi) is 9.39. The molecule has 1 aromatic heterocycles. The molecule has 1 atom stereocenters. The van der Waals surface area contributed by atoms with E-state index in [1.165, 1.54) is 36.3 Å². The van der Waals surface area contributed by atoms with Gasteiger partial charge in [-0.25, -0.2) is 15.0 Å². The van der Waals surface area contributed by atoms with Gasteiger partial charge < -0.3 is 9.47 Å². The Hall–Kier alpha value is -7.46. The number of ether oxygens (including phenoxy) is 2. The van der Waals surface area contributed by atoms with E-state index in [4.69, 9.17) is 24.4 Å². The monoisotopic (exact) mass is 857 g/mol. The Bertz CT molecular complexity index is 3180. The first-order valence-corrected chi connectivity index (χ1v) is 26.2. The van der Waals surface area contributed by atoms with Crippen LogP contribution in [-0.4, -0.2) is 31.1 Å². The third-order valence-electron chi connectivity index (χ3n) is 13.4. The summed E-state index contributed by atoms with van der Waals surface area (Å²) >= 11 is 0. The summed E-state index contributed by atoms with van der Waals surface area (Å²) in [6.07, 6.45) is 15.4. The second kappa shape index (κ2) is 15.7. The molecule has 3 heterocycles. The molecule has 8 aromatic rings. The molecular weight excluding hydrogens is 815 g/mol. The second-order valence-corrected chi connectivity index (χ2v) is 24.3. The van der Waals surface area contributed by atoms with Gasteiger partial charge in [-0.05, 0) is 73.8 Å². The molecule has 64 heavy (non-hydrogen) atoms. The predicted octanol–water partition coefficient (Wildman–Crippen LogP) is 9.27. The van der Waals surface area contributed by atoms with Gasteiger partial charge in [-0.1, -0.05) is 199 Å². The Morgan fingerprint density at radius 1 is 0.422 bits per heavy atom. The summed E-state index contributed by atoms with van der Waals surface area (Å²) < 4.78 is 14.4. The van der Waals surface area contributed by atoms with Crippen molar-refractivity contribution < 1.29 is 9.47 Å². The molecule has 2 aliphatic heterocycles. The van der Waals surface area contributed by atoms with E-state index in [9.17, 15) is 0 Å². The summed E-state index contributed by atoms with van der Waals surface area (Å²) in [5.74, 6) is 5.23. The topological polar surface area (TPSA) is 57.1 Å². The third-order valence-corrected chi connectivity index (χ3v) is 23.2. The fourth-order valence-corrected chi connectivity index (χ4v) is 21.0. The van der Waals surface area contributed by atoms with E-state index in [2.05, 4.69) is 194 Å². The van der Waals surface area contributed by atoms with Gasteiger partial charge in [0.15, 0.2) is 33.6 Å². The van der Waals surface area contributed by atoms with Crippen molar-refractivity contribution in [2.75, 3.05) is 0 Å². The van der Waals surface area contributed by atoms with E-state index >= 15 is 0 Å². The Morgan fingerprint density at radius 2 is 0.938 bits per heavy atom. The highest BCUT2D eigenvalue weighted by Crippen LogP contribution is 2.44. The van der Waals surface area contributed by atoms with Crippen LogP contribution in [-0.2, 0) is 0 Å². The van der Waals surface area contributed by atoms with E-state index in [0.717, 1.165) is 70.6 Å². The number of benzene rings is 7. The minimum Gasteiger partial charge on any atom is -0.461 e. The standard InChI is InChI=1S/C57H43N3O2Si2/c1-6-22-40(23-7-1)55-58-56(45-32-20-38-51-53(45)61-47-34-16-18-36-49(47)63(51,41-24-8-2-9-25-41)42-26-10-3-11-27-42)60-57(59-55)46-33-21-39-52-54(46)62-48-35-17-19-37-50(48)64(52,43-28-12-4-13-29-43)44-30-14-5-15-31-44/h1-14,16,18-30,32-34,36-39H,15,17,31,35H2. The van der Waals surface area contributed by atoms with Gasteiger partial charge in [-0.15, -0.1) is 0 Å². The van der Waals surface area contributed by atoms with Crippen LogP contribution in [0.1, 0.15) is 25.7 Å². The van der Waals surface area contributed by atoms with Gasteiger partial charge in [0.1, 0.15) is 23.0 Å². The summed E-state index contributed by atoms with van der Waals surface area (Å²) in [5, 5.41) is 10.4.